The molecular formula is C11H9BrClNO. The van der Waals surface area contributed by atoms with Crippen molar-refractivity contribution in [1.29, 1.82) is 5.26 Å². The quantitative estimate of drug-likeness (QED) is 0.800. The SMILES string of the molecule is CC(=O)C(Br)c1ccc(CCl)cc1C#N. The van der Waals surface area contributed by atoms with E-state index in [-0.39, 0.29) is 5.78 Å². The minimum Gasteiger partial charge on any atom is -0.298 e. The maximum atomic E-state index is 11.2. The van der Waals surface area contributed by atoms with Gasteiger partial charge in [-0.25, -0.2) is 0 Å². The van der Waals surface area contributed by atoms with Gasteiger partial charge < -0.3 is 0 Å². The van der Waals surface area contributed by atoms with E-state index in [1.165, 1.54) is 6.92 Å². The predicted molar refractivity (Wildman–Crippen MR) is 63.1 cm³/mol. The lowest BCUT2D eigenvalue weighted by Crippen LogP contribution is -2.03. The lowest BCUT2D eigenvalue weighted by molar-refractivity contribution is -0.116. The molecule has 15 heavy (non-hydrogen) atoms. The number of rotatable bonds is 3. The molecule has 1 aromatic carbocycles. The second kappa shape index (κ2) is 5.29. The monoisotopic (exact) mass is 285 g/mol. The topological polar surface area (TPSA) is 40.9 Å². The van der Waals surface area contributed by atoms with E-state index in [4.69, 9.17) is 16.9 Å². The molecule has 1 rings (SSSR count). The highest BCUT2D eigenvalue weighted by Gasteiger charge is 2.16. The number of carbonyl (C=O) groups excluding carboxylic acids is 1. The molecule has 1 atom stereocenters. The highest BCUT2D eigenvalue weighted by Crippen LogP contribution is 2.27. The maximum Gasteiger partial charge on any atom is 0.147 e. The summed E-state index contributed by atoms with van der Waals surface area (Å²) in [4.78, 5) is 10.8. The first-order valence-electron chi connectivity index (χ1n) is 4.33. The Morgan fingerprint density at radius 3 is 2.80 bits per heavy atom. The van der Waals surface area contributed by atoms with E-state index in [0.717, 1.165) is 5.56 Å². The number of halogens is 2. The van der Waals surface area contributed by atoms with Crippen LogP contribution in [0.25, 0.3) is 0 Å². The van der Waals surface area contributed by atoms with E-state index in [9.17, 15) is 4.79 Å². The Kier molecular flexibility index (Phi) is 4.31. The van der Waals surface area contributed by atoms with E-state index in [1.807, 2.05) is 6.07 Å². The van der Waals surface area contributed by atoms with Crippen LogP contribution in [0, 0.1) is 11.3 Å². The molecule has 1 aromatic rings. The van der Waals surface area contributed by atoms with Gasteiger partial charge in [0.25, 0.3) is 0 Å². The Morgan fingerprint density at radius 1 is 1.67 bits per heavy atom. The molecule has 0 radical (unpaired) electrons. The third-order valence-electron chi connectivity index (χ3n) is 2.02. The average molecular weight is 287 g/mol. The first-order valence-corrected chi connectivity index (χ1v) is 5.78. The fraction of sp³-hybridized carbons (Fsp3) is 0.273. The summed E-state index contributed by atoms with van der Waals surface area (Å²) in [5, 5.41) is 8.94. The molecule has 0 aliphatic carbocycles. The maximum absolute atomic E-state index is 11.2. The zero-order chi connectivity index (χ0) is 11.4. The average Bonchev–Trinajstić information content (AvgIpc) is 2.27. The number of nitrogens with zero attached hydrogens (tertiary/aromatic N) is 1. The molecule has 1 unspecified atom stereocenters. The van der Waals surface area contributed by atoms with Crippen molar-refractivity contribution in [2.45, 2.75) is 17.6 Å². The second-order valence-electron chi connectivity index (χ2n) is 3.14. The summed E-state index contributed by atoms with van der Waals surface area (Å²) in [6.07, 6.45) is 0. The molecule has 0 spiro atoms. The van der Waals surface area contributed by atoms with Crippen LogP contribution in [0.3, 0.4) is 0 Å². The van der Waals surface area contributed by atoms with Gasteiger partial charge in [0.2, 0.25) is 0 Å². The number of nitriles is 1. The summed E-state index contributed by atoms with van der Waals surface area (Å²) in [5.74, 6) is 0.340. The van der Waals surface area contributed by atoms with E-state index < -0.39 is 4.83 Å². The number of hydrogen-bond acceptors (Lipinski definition) is 2. The zero-order valence-electron chi connectivity index (χ0n) is 8.13. The van der Waals surface area contributed by atoms with Gasteiger partial charge in [0.1, 0.15) is 5.78 Å². The largest absolute Gasteiger partial charge is 0.298 e. The summed E-state index contributed by atoms with van der Waals surface area (Å²) in [6, 6.07) is 7.35. The first kappa shape index (κ1) is 12.2. The number of Topliss-reactive ketones (excluding diaryl/α,β-unsaturated/α-hetero) is 1. The third-order valence-corrected chi connectivity index (χ3v) is 3.47. The van der Waals surface area contributed by atoms with E-state index in [1.54, 1.807) is 12.1 Å². The minimum absolute atomic E-state index is 0.0230. The van der Waals surface area contributed by atoms with Crippen LogP contribution in [-0.4, -0.2) is 5.78 Å². The molecule has 0 aromatic heterocycles. The molecule has 0 aliphatic rings. The normalized spacial score (nSPS) is 11.9. The van der Waals surface area contributed by atoms with Crippen molar-refractivity contribution >= 4 is 33.3 Å². The molecule has 0 N–H and O–H groups in total. The first-order chi connectivity index (χ1) is 7.10. The summed E-state index contributed by atoms with van der Waals surface area (Å²) < 4.78 is 0. The Morgan fingerprint density at radius 2 is 2.33 bits per heavy atom. The molecular weight excluding hydrogens is 277 g/mol. The van der Waals surface area contributed by atoms with Crippen molar-refractivity contribution in [2.24, 2.45) is 0 Å². The van der Waals surface area contributed by atoms with Gasteiger partial charge in [0.15, 0.2) is 0 Å². The zero-order valence-corrected chi connectivity index (χ0v) is 10.5. The van der Waals surface area contributed by atoms with Gasteiger partial charge in [-0.3, -0.25) is 4.79 Å². The van der Waals surface area contributed by atoms with Crippen molar-refractivity contribution in [3.05, 3.63) is 34.9 Å². The summed E-state index contributed by atoms with van der Waals surface area (Å²) in [6.45, 7) is 1.48. The molecule has 78 valence electrons. The molecule has 0 amide bonds. The van der Waals surface area contributed by atoms with Crippen LogP contribution in [0.2, 0.25) is 0 Å². The lowest BCUT2D eigenvalue weighted by atomic mass is 10.0. The number of carbonyl (C=O) groups is 1. The summed E-state index contributed by atoms with van der Waals surface area (Å²) >= 11 is 8.92. The van der Waals surface area contributed by atoms with Crippen molar-refractivity contribution in [3.63, 3.8) is 0 Å². The second-order valence-corrected chi connectivity index (χ2v) is 4.32. The number of ketones is 1. The van der Waals surface area contributed by atoms with Gasteiger partial charge in [0, 0.05) is 5.88 Å². The minimum atomic E-state index is -0.420. The Hall–Kier alpha value is -0.850. The van der Waals surface area contributed by atoms with Crippen molar-refractivity contribution in [2.75, 3.05) is 0 Å². The molecule has 0 heterocycles. The summed E-state index contributed by atoms with van der Waals surface area (Å²) in [7, 11) is 0. The van der Waals surface area contributed by atoms with Crippen LogP contribution in [-0.2, 0) is 10.7 Å². The van der Waals surface area contributed by atoms with Gasteiger partial charge in [-0.2, -0.15) is 5.26 Å². The molecule has 0 saturated carbocycles. The summed E-state index contributed by atoms with van der Waals surface area (Å²) in [5.41, 5.74) is 2.06. The highest BCUT2D eigenvalue weighted by molar-refractivity contribution is 9.09. The van der Waals surface area contributed by atoms with Gasteiger partial charge in [-0.05, 0) is 24.1 Å². The van der Waals surface area contributed by atoms with Crippen LogP contribution in [0.15, 0.2) is 18.2 Å². The molecule has 2 nitrogen and oxygen atoms in total. The van der Waals surface area contributed by atoms with Gasteiger partial charge in [-0.1, -0.05) is 28.1 Å². The molecule has 0 saturated heterocycles. The number of hydrogen-bond donors (Lipinski definition) is 0. The third kappa shape index (κ3) is 2.80. The van der Waals surface area contributed by atoms with Crippen molar-refractivity contribution in [3.8, 4) is 6.07 Å². The highest BCUT2D eigenvalue weighted by atomic mass is 79.9. The Labute approximate surface area is 102 Å². The lowest BCUT2D eigenvalue weighted by Gasteiger charge is -2.09. The molecule has 0 aliphatic heterocycles. The van der Waals surface area contributed by atoms with Crippen LogP contribution in [0.5, 0.6) is 0 Å². The van der Waals surface area contributed by atoms with Crippen molar-refractivity contribution in [1.82, 2.24) is 0 Å². The smallest absolute Gasteiger partial charge is 0.147 e. The molecule has 4 heteroatoms. The van der Waals surface area contributed by atoms with E-state index in [0.29, 0.717) is 17.0 Å². The number of benzene rings is 1. The van der Waals surface area contributed by atoms with Crippen LogP contribution in [0.4, 0.5) is 0 Å². The van der Waals surface area contributed by atoms with Crippen LogP contribution in [0.1, 0.15) is 28.4 Å². The van der Waals surface area contributed by atoms with Gasteiger partial charge >= 0.3 is 0 Å². The molecule has 0 bridgehead atoms. The van der Waals surface area contributed by atoms with Gasteiger partial charge in [-0.15, -0.1) is 11.6 Å². The van der Waals surface area contributed by atoms with E-state index >= 15 is 0 Å². The standard InChI is InChI=1S/C11H9BrClNO/c1-7(15)11(12)10-3-2-8(5-13)4-9(10)6-14/h2-4,11H,5H2,1H3. The fourth-order valence-electron chi connectivity index (χ4n) is 1.22. The van der Waals surface area contributed by atoms with Crippen LogP contribution >= 0.6 is 27.5 Å². The molecule has 0 fully saturated rings. The Balaban J connectivity index is 3.20. The van der Waals surface area contributed by atoms with E-state index in [2.05, 4.69) is 22.0 Å². The number of alkyl halides is 2. The van der Waals surface area contributed by atoms with Crippen LogP contribution < -0.4 is 0 Å². The Bertz CT molecular complexity index is 425. The fourth-order valence-corrected chi connectivity index (χ4v) is 1.79. The van der Waals surface area contributed by atoms with Crippen molar-refractivity contribution < 1.29 is 4.79 Å². The predicted octanol–water partition coefficient (Wildman–Crippen LogP) is 3.32. The van der Waals surface area contributed by atoms with Gasteiger partial charge in [0.05, 0.1) is 16.5 Å².